The zero-order chi connectivity index (χ0) is 17.3. The molecule has 0 aliphatic carbocycles. The van der Waals surface area contributed by atoms with Crippen LogP contribution in [0.25, 0.3) is 0 Å². The van der Waals surface area contributed by atoms with Gasteiger partial charge in [0, 0.05) is 36.9 Å². The lowest BCUT2D eigenvalue weighted by Gasteiger charge is -2.37. The minimum Gasteiger partial charge on any atom is -0.368 e. The number of nitrogens with zero attached hydrogens (tertiary/aromatic N) is 2. The molecule has 0 unspecified atom stereocenters. The second-order valence-electron chi connectivity index (χ2n) is 6.19. The van der Waals surface area contributed by atoms with Gasteiger partial charge in [0.1, 0.15) is 0 Å². The Balaban J connectivity index is 1.72. The summed E-state index contributed by atoms with van der Waals surface area (Å²) in [5.41, 5.74) is 4.24. The average Bonchev–Trinajstić information content (AvgIpc) is 2.59. The number of carbonyl (C=O) groups is 1. The van der Waals surface area contributed by atoms with Crippen LogP contribution < -0.4 is 4.90 Å². The molecule has 0 saturated carbocycles. The maximum Gasteiger partial charge on any atom is 0.255 e. The van der Waals surface area contributed by atoms with Crippen LogP contribution in [0.2, 0.25) is 10.0 Å². The summed E-state index contributed by atoms with van der Waals surface area (Å²) < 4.78 is 0. The van der Waals surface area contributed by atoms with Crippen LogP contribution in [0.3, 0.4) is 0 Å². The van der Waals surface area contributed by atoms with Gasteiger partial charge in [-0.05, 0) is 49.2 Å². The standard InChI is InChI=1S/C19H20Cl2N2O/c1-13-3-4-14(2)18(11-13)22-7-9-23(10-8-22)19(24)16-12-15(20)5-6-17(16)21/h3-6,11-12H,7-10H2,1-2H3. The molecular weight excluding hydrogens is 343 g/mol. The molecule has 1 saturated heterocycles. The Kier molecular flexibility index (Phi) is 5.02. The predicted molar refractivity (Wildman–Crippen MR) is 100 cm³/mol. The number of hydrogen-bond acceptors (Lipinski definition) is 2. The molecule has 3 rings (SSSR count). The highest BCUT2D eigenvalue weighted by Crippen LogP contribution is 2.25. The normalized spacial score (nSPS) is 14.8. The van der Waals surface area contributed by atoms with Crippen molar-refractivity contribution in [1.82, 2.24) is 4.90 Å². The van der Waals surface area contributed by atoms with E-state index in [9.17, 15) is 4.79 Å². The number of benzene rings is 2. The van der Waals surface area contributed by atoms with Crippen molar-refractivity contribution in [2.24, 2.45) is 0 Å². The van der Waals surface area contributed by atoms with Gasteiger partial charge in [0.25, 0.3) is 5.91 Å². The van der Waals surface area contributed by atoms with Crippen molar-refractivity contribution in [3.63, 3.8) is 0 Å². The second-order valence-corrected chi connectivity index (χ2v) is 7.04. The summed E-state index contributed by atoms with van der Waals surface area (Å²) in [5, 5.41) is 0.970. The van der Waals surface area contributed by atoms with E-state index >= 15 is 0 Å². The van der Waals surface area contributed by atoms with E-state index in [1.54, 1.807) is 18.2 Å². The van der Waals surface area contributed by atoms with Crippen LogP contribution in [0.5, 0.6) is 0 Å². The average molecular weight is 363 g/mol. The quantitative estimate of drug-likeness (QED) is 0.780. The van der Waals surface area contributed by atoms with Gasteiger partial charge in [0.2, 0.25) is 0 Å². The van der Waals surface area contributed by atoms with Crippen molar-refractivity contribution in [3.8, 4) is 0 Å². The van der Waals surface area contributed by atoms with Gasteiger partial charge in [-0.25, -0.2) is 0 Å². The maximum atomic E-state index is 12.7. The molecule has 5 heteroatoms. The summed E-state index contributed by atoms with van der Waals surface area (Å²) in [6.45, 7) is 7.20. The molecule has 0 radical (unpaired) electrons. The Morgan fingerprint density at radius 2 is 1.67 bits per heavy atom. The van der Waals surface area contributed by atoms with Gasteiger partial charge in [-0.1, -0.05) is 35.3 Å². The molecule has 1 heterocycles. The summed E-state index contributed by atoms with van der Waals surface area (Å²) in [6, 6.07) is 11.5. The van der Waals surface area contributed by atoms with Crippen LogP contribution in [-0.4, -0.2) is 37.0 Å². The van der Waals surface area contributed by atoms with Crippen LogP contribution in [0.1, 0.15) is 21.5 Å². The van der Waals surface area contributed by atoms with Crippen molar-refractivity contribution in [1.29, 1.82) is 0 Å². The highest BCUT2D eigenvalue weighted by molar-refractivity contribution is 6.35. The Labute approximate surface area is 152 Å². The molecule has 0 aromatic heterocycles. The zero-order valence-corrected chi connectivity index (χ0v) is 15.4. The van der Waals surface area contributed by atoms with E-state index in [4.69, 9.17) is 23.2 Å². The molecule has 24 heavy (non-hydrogen) atoms. The third-order valence-corrected chi connectivity index (χ3v) is 5.00. The fourth-order valence-corrected chi connectivity index (χ4v) is 3.41. The summed E-state index contributed by atoms with van der Waals surface area (Å²) in [4.78, 5) is 16.9. The van der Waals surface area contributed by atoms with Crippen LogP contribution in [0.4, 0.5) is 5.69 Å². The first kappa shape index (κ1) is 17.1. The van der Waals surface area contributed by atoms with Gasteiger partial charge in [-0.2, -0.15) is 0 Å². The molecule has 2 aromatic carbocycles. The van der Waals surface area contributed by atoms with Crippen LogP contribution in [0.15, 0.2) is 36.4 Å². The molecular formula is C19H20Cl2N2O. The molecule has 0 atom stereocenters. The van der Waals surface area contributed by atoms with Gasteiger partial charge in [-0.15, -0.1) is 0 Å². The molecule has 1 aliphatic rings. The Morgan fingerprint density at radius 3 is 2.38 bits per heavy atom. The lowest BCUT2D eigenvalue weighted by atomic mass is 10.1. The lowest BCUT2D eigenvalue weighted by molar-refractivity contribution is 0.0747. The summed E-state index contributed by atoms with van der Waals surface area (Å²) in [6.07, 6.45) is 0. The molecule has 1 aliphatic heterocycles. The number of hydrogen-bond donors (Lipinski definition) is 0. The van der Waals surface area contributed by atoms with E-state index in [0.717, 1.165) is 13.1 Å². The highest BCUT2D eigenvalue weighted by Gasteiger charge is 2.24. The SMILES string of the molecule is Cc1ccc(C)c(N2CCN(C(=O)c3cc(Cl)ccc3Cl)CC2)c1. The van der Waals surface area contributed by atoms with E-state index in [0.29, 0.717) is 28.7 Å². The topological polar surface area (TPSA) is 23.6 Å². The van der Waals surface area contributed by atoms with E-state index in [2.05, 4.69) is 36.9 Å². The van der Waals surface area contributed by atoms with Gasteiger partial charge in [0.15, 0.2) is 0 Å². The number of anilines is 1. The Hall–Kier alpha value is -1.71. The highest BCUT2D eigenvalue weighted by atomic mass is 35.5. The molecule has 126 valence electrons. The molecule has 3 nitrogen and oxygen atoms in total. The maximum absolute atomic E-state index is 12.7. The Bertz CT molecular complexity index is 768. The fourth-order valence-electron chi connectivity index (χ4n) is 3.04. The first-order valence-corrected chi connectivity index (χ1v) is 8.78. The molecule has 1 amide bonds. The third kappa shape index (κ3) is 3.52. The van der Waals surface area contributed by atoms with E-state index in [-0.39, 0.29) is 5.91 Å². The van der Waals surface area contributed by atoms with Gasteiger partial charge >= 0.3 is 0 Å². The van der Waals surface area contributed by atoms with Crippen LogP contribution in [-0.2, 0) is 0 Å². The lowest BCUT2D eigenvalue weighted by Crippen LogP contribution is -2.49. The van der Waals surface area contributed by atoms with E-state index < -0.39 is 0 Å². The van der Waals surface area contributed by atoms with Crippen LogP contribution in [0, 0.1) is 13.8 Å². The second kappa shape index (κ2) is 7.04. The van der Waals surface area contributed by atoms with Crippen molar-refractivity contribution >= 4 is 34.8 Å². The van der Waals surface area contributed by atoms with Crippen molar-refractivity contribution in [2.75, 3.05) is 31.1 Å². The first-order valence-electron chi connectivity index (χ1n) is 8.02. The van der Waals surface area contributed by atoms with Crippen molar-refractivity contribution in [2.45, 2.75) is 13.8 Å². The fraction of sp³-hybridized carbons (Fsp3) is 0.316. The van der Waals surface area contributed by atoms with Gasteiger partial charge < -0.3 is 9.80 Å². The predicted octanol–water partition coefficient (Wildman–Crippen LogP) is 4.57. The minimum absolute atomic E-state index is 0.0527. The zero-order valence-electron chi connectivity index (χ0n) is 13.9. The number of piperazine rings is 1. The summed E-state index contributed by atoms with van der Waals surface area (Å²) in [7, 11) is 0. The third-order valence-electron chi connectivity index (χ3n) is 4.43. The number of aryl methyl sites for hydroxylation is 2. The van der Waals surface area contributed by atoms with Crippen LogP contribution >= 0.6 is 23.2 Å². The summed E-state index contributed by atoms with van der Waals surface area (Å²) in [5.74, 6) is -0.0527. The number of rotatable bonds is 2. The number of halogens is 2. The first-order chi connectivity index (χ1) is 11.5. The van der Waals surface area contributed by atoms with Gasteiger partial charge in [0.05, 0.1) is 10.6 Å². The van der Waals surface area contributed by atoms with E-state index in [1.165, 1.54) is 16.8 Å². The minimum atomic E-state index is -0.0527. The van der Waals surface area contributed by atoms with Crippen molar-refractivity contribution in [3.05, 3.63) is 63.1 Å². The molecule has 0 bridgehead atoms. The smallest absolute Gasteiger partial charge is 0.255 e. The number of amides is 1. The van der Waals surface area contributed by atoms with Gasteiger partial charge in [-0.3, -0.25) is 4.79 Å². The largest absolute Gasteiger partial charge is 0.368 e. The summed E-state index contributed by atoms with van der Waals surface area (Å²) >= 11 is 12.2. The molecule has 0 spiro atoms. The molecule has 1 fully saturated rings. The van der Waals surface area contributed by atoms with Crippen molar-refractivity contribution < 1.29 is 4.79 Å². The monoisotopic (exact) mass is 362 g/mol. The molecule has 0 N–H and O–H groups in total. The molecule has 2 aromatic rings. The van der Waals surface area contributed by atoms with E-state index in [1.807, 2.05) is 4.90 Å². The number of carbonyl (C=O) groups excluding carboxylic acids is 1. The Morgan fingerprint density at radius 1 is 0.958 bits per heavy atom.